The predicted octanol–water partition coefficient (Wildman–Crippen LogP) is 2.56. The number of nitrogens with one attached hydrogen (secondary N) is 1. The molecule has 16 heavy (non-hydrogen) atoms. The van der Waals surface area contributed by atoms with Gasteiger partial charge in [0.05, 0.1) is 0 Å². The summed E-state index contributed by atoms with van der Waals surface area (Å²) in [7, 11) is 0. The van der Waals surface area contributed by atoms with Crippen molar-refractivity contribution in [1.29, 1.82) is 0 Å². The monoisotopic (exact) mass is 282 g/mol. The van der Waals surface area contributed by atoms with Crippen LogP contribution in [0.25, 0.3) is 0 Å². The van der Waals surface area contributed by atoms with Crippen molar-refractivity contribution in [2.75, 3.05) is 5.73 Å². The molecule has 0 aromatic heterocycles. The fraction of sp³-hybridized carbons (Fsp3) is 0.417. The van der Waals surface area contributed by atoms with Crippen molar-refractivity contribution in [3.8, 4) is 0 Å². The smallest absolute Gasteiger partial charge is 0.251 e. The standard InChI is InChI=1S/C12H15BrN2O/c1-7(8-2-3-8)15-12(16)9-4-5-10(13)11(14)6-9/h4-8H,2-3,14H2,1H3,(H,15,16). The fourth-order valence-corrected chi connectivity index (χ4v) is 1.94. The summed E-state index contributed by atoms with van der Waals surface area (Å²) in [5.41, 5.74) is 6.94. The van der Waals surface area contributed by atoms with Crippen molar-refractivity contribution in [2.45, 2.75) is 25.8 Å². The lowest BCUT2D eigenvalue weighted by Gasteiger charge is -2.13. The SMILES string of the molecule is CC(NC(=O)c1ccc(Br)c(N)c1)C1CC1. The first-order chi connectivity index (χ1) is 7.58. The topological polar surface area (TPSA) is 55.1 Å². The van der Waals surface area contributed by atoms with E-state index in [0.29, 0.717) is 17.2 Å². The van der Waals surface area contributed by atoms with Crippen LogP contribution in [0.2, 0.25) is 0 Å². The molecule has 1 aromatic carbocycles. The van der Waals surface area contributed by atoms with Crippen LogP contribution in [0.3, 0.4) is 0 Å². The van der Waals surface area contributed by atoms with E-state index in [1.807, 2.05) is 0 Å². The number of amides is 1. The number of carbonyl (C=O) groups is 1. The molecule has 3 N–H and O–H groups in total. The Morgan fingerprint density at radius 2 is 2.25 bits per heavy atom. The molecule has 1 amide bonds. The molecule has 0 bridgehead atoms. The number of benzene rings is 1. The van der Waals surface area contributed by atoms with E-state index in [9.17, 15) is 4.79 Å². The molecule has 1 aromatic rings. The van der Waals surface area contributed by atoms with Gasteiger partial charge in [-0.3, -0.25) is 4.79 Å². The molecule has 1 fully saturated rings. The van der Waals surface area contributed by atoms with Crippen molar-refractivity contribution in [1.82, 2.24) is 5.32 Å². The van der Waals surface area contributed by atoms with Crippen LogP contribution in [0.5, 0.6) is 0 Å². The van der Waals surface area contributed by atoms with E-state index in [0.717, 1.165) is 4.47 Å². The molecule has 0 heterocycles. The van der Waals surface area contributed by atoms with Gasteiger partial charge >= 0.3 is 0 Å². The quantitative estimate of drug-likeness (QED) is 0.838. The fourth-order valence-electron chi connectivity index (χ4n) is 1.69. The summed E-state index contributed by atoms with van der Waals surface area (Å²) in [6, 6.07) is 5.53. The molecule has 1 aliphatic rings. The zero-order valence-electron chi connectivity index (χ0n) is 9.16. The Hall–Kier alpha value is -1.03. The van der Waals surface area contributed by atoms with E-state index < -0.39 is 0 Å². The lowest BCUT2D eigenvalue weighted by molar-refractivity contribution is 0.0936. The van der Waals surface area contributed by atoms with E-state index in [-0.39, 0.29) is 11.9 Å². The Labute approximate surface area is 104 Å². The number of hydrogen-bond donors (Lipinski definition) is 2. The molecule has 0 aliphatic heterocycles. The van der Waals surface area contributed by atoms with E-state index in [4.69, 9.17) is 5.73 Å². The third-order valence-electron chi connectivity index (χ3n) is 2.95. The maximum Gasteiger partial charge on any atom is 0.251 e. The number of anilines is 1. The highest BCUT2D eigenvalue weighted by atomic mass is 79.9. The number of rotatable bonds is 3. The van der Waals surface area contributed by atoms with Gasteiger partial charge in [0, 0.05) is 21.8 Å². The van der Waals surface area contributed by atoms with E-state index >= 15 is 0 Å². The summed E-state index contributed by atoms with van der Waals surface area (Å²) in [4.78, 5) is 11.9. The van der Waals surface area contributed by atoms with Crippen LogP contribution in [0, 0.1) is 5.92 Å². The number of halogens is 1. The Morgan fingerprint density at radius 3 is 2.81 bits per heavy atom. The molecule has 1 aliphatic carbocycles. The van der Waals surface area contributed by atoms with E-state index in [1.54, 1.807) is 18.2 Å². The molecular weight excluding hydrogens is 268 g/mol. The molecule has 1 saturated carbocycles. The van der Waals surface area contributed by atoms with Gasteiger partial charge in [-0.15, -0.1) is 0 Å². The molecule has 0 radical (unpaired) electrons. The molecule has 1 unspecified atom stereocenters. The van der Waals surface area contributed by atoms with Gasteiger partial charge in [-0.2, -0.15) is 0 Å². The Kier molecular flexibility index (Phi) is 3.19. The van der Waals surface area contributed by atoms with Crippen molar-refractivity contribution in [3.63, 3.8) is 0 Å². The summed E-state index contributed by atoms with van der Waals surface area (Å²) in [6.45, 7) is 2.05. The van der Waals surface area contributed by atoms with Crippen LogP contribution >= 0.6 is 15.9 Å². The summed E-state index contributed by atoms with van der Waals surface area (Å²) in [6.07, 6.45) is 2.45. The minimum Gasteiger partial charge on any atom is -0.398 e. The van der Waals surface area contributed by atoms with Gasteiger partial charge in [0.25, 0.3) is 5.91 Å². The second-order valence-corrected chi connectivity index (χ2v) is 5.19. The lowest BCUT2D eigenvalue weighted by atomic mass is 10.1. The predicted molar refractivity (Wildman–Crippen MR) is 68.2 cm³/mol. The van der Waals surface area contributed by atoms with Crippen LogP contribution in [0.4, 0.5) is 5.69 Å². The minimum atomic E-state index is -0.0430. The Morgan fingerprint density at radius 1 is 1.56 bits per heavy atom. The highest BCUT2D eigenvalue weighted by molar-refractivity contribution is 9.10. The molecule has 2 rings (SSSR count). The highest BCUT2D eigenvalue weighted by Gasteiger charge is 2.29. The zero-order chi connectivity index (χ0) is 11.7. The van der Waals surface area contributed by atoms with Gasteiger partial charge in [0.2, 0.25) is 0 Å². The second kappa shape index (κ2) is 4.45. The van der Waals surface area contributed by atoms with Gasteiger partial charge in [-0.1, -0.05) is 0 Å². The van der Waals surface area contributed by atoms with Crippen LogP contribution in [0.1, 0.15) is 30.1 Å². The zero-order valence-corrected chi connectivity index (χ0v) is 10.8. The van der Waals surface area contributed by atoms with Gasteiger partial charge in [-0.05, 0) is 59.8 Å². The maximum absolute atomic E-state index is 11.9. The van der Waals surface area contributed by atoms with Crippen LogP contribution < -0.4 is 11.1 Å². The van der Waals surface area contributed by atoms with Gasteiger partial charge < -0.3 is 11.1 Å². The number of nitrogen functional groups attached to an aromatic ring is 1. The van der Waals surface area contributed by atoms with Gasteiger partial charge in [-0.25, -0.2) is 0 Å². The summed E-state index contributed by atoms with van der Waals surface area (Å²) < 4.78 is 0.819. The molecule has 4 heteroatoms. The second-order valence-electron chi connectivity index (χ2n) is 4.34. The average molecular weight is 283 g/mol. The minimum absolute atomic E-state index is 0.0430. The van der Waals surface area contributed by atoms with Crippen LogP contribution in [-0.4, -0.2) is 11.9 Å². The molecular formula is C12H15BrN2O. The third-order valence-corrected chi connectivity index (χ3v) is 3.67. The van der Waals surface area contributed by atoms with Crippen molar-refractivity contribution in [3.05, 3.63) is 28.2 Å². The van der Waals surface area contributed by atoms with Crippen molar-refractivity contribution >= 4 is 27.5 Å². The summed E-state index contributed by atoms with van der Waals surface area (Å²) in [5.74, 6) is 0.621. The molecule has 3 nitrogen and oxygen atoms in total. The molecule has 0 spiro atoms. The third kappa shape index (κ3) is 2.55. The summed E-state index contributed by atoms with van der Waals surface area (Å²) in [5, 5.41) is 2.99. The lowest BCUT2D eigenvalue weighted by Crippen LogP contribution is -2.33. The molecule has 86 valence electrons. The van der Waals surface area contributed by atoms with Gasteiger partial charge in [0.15, 0.2) is 0 Å². The average Bonchev–Trinajstić information content (AvgIpc) is 3.05. The van der Waals surface area contributed by atoms with E-state index in [2.05, 4.69) is 28.2 Å². The maximum atomic E-state index is 11.9. The first-order valence-electron chi connectivity index (χ1n) is 5.44. The largest absolute Gasteiger partial charge is 0.398 e. The normalized spacial score (nSPS) is 16.9. The summed E-state index contributed by atoms with van der Waals surface area (Å²) >= 11 is 3.31. The Bertz CT molecular complexity index is 415. The van der Waals surface area contributed by atoms with Crippen molar-refractivity contribution < 1.29 is 4.79 Å². The first kappa shape index (κ1) is 11.5. The number of carbonyl (C=O) groups excluding carboxylic acids is 1. The first-order valence-corrected chi connectivity index (χ1v) is 6.23. The molecule has 1 atom stereocenters. The Balaban J connectivity index is 2.05. The number of nitrogens with two attached hydrogens (primary N) is 1. The van der Waals surface area contributed by atoms with Crippen molar-refractivity contribution in [2.24, 2.45) is 5.92 Å². The van der Waals surface area contributed by atoms with Crippen LogP contribution in [-0.2, 0) is 0 Å². The van der Waals surface area contributed by atoms with Gasteiger partial charge in [0.1, 0.15) is 0 Å². The van der Waals surface area contributed by atoms with E-state index in [1.165, 1.54) is 12.8 Å². The number of hydrogen-bond acceptors (Lipinski definition) is 2. The highest BCUT2D eigenvalue weighted by Crippen LogP contribution is 2.32. The molecule has 0 saturated heterocycles. The van der Waals surface area contributed by atoms with Crippen LogP contribution in [0.15, 0.2) is 22.7 Å².